The molecular formula is C11H13BrN2O3. The molecule has 6 heteroatoms. The number of hydrogen-bond donors (Lipinski definition) is 2. The fourth-order valence-corrected chi connectivity index (χ4v) is 1.78. The van der Waals surface area contributed by atoms with Gasteiger partial charge in [0.2, 0.25) is 0 Å². The molecule has 2 N–H and O–H groups in total. The van der Waals surface area contributed by atoms with Crippen molar-refractivity contribution in [3.8, 4) is 0 Å². The number of rotatable bonds is 4. The minimum atomic E-state index is -0.958. The van der Waals surface area contributed by atoms with Crippen LogP contribution >= 0.6 is 15.9 Å². The fraction of sp³-hybridized carbons (Fsp3) is 0.364. The Balaban J connectivity index is 2.79. The second kappa shape index (κ2) is 5.27. The van der Waals surface area contributed by atoms with E-state index in [1.165, 1.54) is 0 Å². The molecule has 0 saturated heterocycles. The summed E-state index contributed by atoms with van der Waals surface area (Å²) in [5, 5.41) is 11.4. The number of aromatic nitrogens is 1. The highest BCUT2D eigenvalue weighted by Crippen LogP contribution is 2.15. The summed E-state index contributed by atoms with van der Waals surface area (Å²) in [6.45, 7) is 3.31. The maximum atomic E-state index is 11.9. The summed E-state index contributed by atoms with van der Waals surface area (Å²) in [6.07, 6.45) is 1.42. The lowest BCUT2D eigenvalue weighted by Crippen LogP contribution is -2.45. The summed E-state index contributed by atoms with van der Waals surface area (Å²) in [7, 11) is 0. The lowest BCUT2D eigenvalue weighted by atomic mass is 10.0. The third kappa shape index (κ3) is 4.14. The van der Waals surface area contributed by atoms with Gasteiger partial charge in [-0.2, -0.15) is 0 Å². The predicted molar refractivity (Wildman–Crippen MR) is 65.7 cm³/mol. The van der Waals surface area contributed by atoms with Crippen LogP contribution in [0.1, 0.15) is 30.6 Å². The Bertz CT molecular complexity index is 446. The summed E-state index contributed by atoms with van der Waals surface area (Å²) >= 11 is 3.17. The van der Waals surface area contributed by atoms with Crippen LogP contribution in [0.2, 0.25) is 0 Å². The van der Waals surface area contributed by atoms with Crippen molar-refractivity contribution in [2.75, 3.05) is 0 Å². The molecule has 5 nitrogen and oxygen atoms in total. The number of carbonyl (C=O) groups is 2. The van der Waals surface area contributed by atoms with Crippen molar-refractivity contribution in [3.63, 3.8) is 0 Å². The van der Waals surface area contributed by atoms with Gasteiger partial charge in [0, 0.05) is 11.7 Å². The average Bonchev–Trinajstić information content (AvgIpc) is 2.14. The van der Waals surface area contributed by atoms with E-state index in [2.05, 4.69) is 26.2 Å². The van der Waals surface area contributed by atoms with Crippen molar-refractivity contribution in [2.24, 2.45) is 0 Å². The van der Waals surface area contributed by atoms with Crippen LogP contribution in [0, 0.1) is 0 Å². The van der Waals surface area contributed by atoms with Gasteiger partial charge < -0.3 is 10.4 Å². The maximum absolute atomic E-state index is 11.9. The maximum Gasteiger partial charge on any atom is 0.305 e. The minimum absolute atomic E-state index is 0.142. The zero-order valence-electron chi connectivity index (χ0n) is 9.53. The van der Waals surface area contributed by atoms with E-state index in [1.54, 1.807) is 32.2 Å². The Hall–Kier alpha value is -1.43. The first kappa shape index (κ1) is 13.6. The summed E-state index contributed by atoms with van der Waals surface area (Å²) < 4.78 is 0.434. The van der Waals surface area contributed by atoms with Crippen LogP contribution in [0.3, 0.4) is 0 Å². The Kier molecular flexibility index (Phi) is 4.22. The van der Waals surface area contributed by atoms with Gasteiger partial charge in [-0.25, -0.2) is 4.98 Å². The van der Waals surface area contributed by atoms with Crippen molar-refractivity contribution in [2.45, 2.75) is 25.8 Å². The van der Waals surface area contributed by atoms with E-state index in [0.29, 0.717) is 10.2 Å². The van der Waals surface area contributed by atoms with Crippen LogP contribution in [0.15, 0.2) is 22.9 Å². The first-order valence-electron chi connectivity index (χ1n) is 4.97. The van der Waals surface area contributed by atoms with Gasteiger partial charge in [0.15, 0.2) is 0 Å². The molecule has 0 aromatic carbocycles. The topological polar surface area (TPSA) is 79.3 Å². The number of carboxylic acid groups (broad SMARTS) is 1. The van der Waals surface area contributed by atoms with Crippen molar-refractivity contribution in [3.05, 3.63) is 28.5 Å². The largest absolute Gasteiger partial charge is 0.481 e. The van der Waals surface area contributed by atoms with Gasteiger partial charge in [0.1, 0.15) is 4.60 Å². The van der Waals surface area contributed by atoms with Gasteiger partial charge in [-0.05, 0) is 41.9 Å². The van der Waals surface area contributed by atoms with Crippen LogP contribution in [0.4, 0.5) is 0 Å². The summed E-state index contributed by atoms with van der Waals surface area (Å²) in [6, 6.07) is 3.26. The number of carbonyl (C=O) groups excluding carboxylic acids is 1. The van der Waals surface area contributed by atoms with E-state index < -0.39 is 11.5 Å². The highest BCUT2D eigenvalue weighted by Gasteiger charge is 2.25. The van der Waals surface area contributed by atoms with Gasteiger partial charge in [0.25, 0.3) is 5.91 Å². The molecule has 1 aromatic rings. The quantitative estimate of drug-likeness (QED) is 0.832. The molecule has 0 aliphatic carbocycles. The van der Waals surface area contributed by atoms with Crippen molar-refractivity contribution >= 4 is 27.8 Å². The molecule has 17 heavy (non-hydrogen) atoms. The number of nitrogens with zero attached hydrogens (tertiary/aromatic N) is 1. The molecule has 1 amide bonds. The number of nitrogens with one attached hydrogen (secondary N) is 1. The molecule has 0 radical (unpaired) electrons. The smallest absolute Gasteiger partial charge is 0.305 e. The molecule has 0 aliphatic rings. The molecule has 0 spiro atoms. The number of pyridine rings is 1. The third-order valence-electron chi connectivity index (χ3n) is 2.05. The average molecular weight is 301 g/mol. The molecule has 0 bridgehead atoms. The van der Waals surface area contributed by atoms with Crippen molar-refractivity contribution < 1.29 is 14.7 Å². The van der Waals surface area contributed by atoms with Gasteiger partial charge in [-0.15, -0.1) is 0 Å². The molecule has 92 valence electrons. The predicted octanol–water partition coefficient (Wildman–Crippen LogP) is 1.83. The van der Waals surface area contributed by atoms with E-state index in [1.807, 2.05) is 0 Å². The molecule has 1 rings (SSSR count). The van der Waals surface area contributed by atoms with E-state index in [-0.39, 0.29) is 12.3 Å². The number of carboxylic acids is 1. The summed E-state index contributed by atoms with van der Waals surface area (Å²) in [5.41, 5.74) is -0.427. The Morgan fingerprint density at radius 3 is 2.71 bits per heavy atom. The monoisotopic (exact) mass is 300 g/mol. The zero-order valence-corrected chi connectivity index (χ0v) is 11.1. The number of aliphatic carboxylic acids is 1. The molecular weight excluding hydrogens is 288 g/mol. The molecule has 1 aromatic heterocycles. The van der Waals surface area contributed by atoms with Crippen molar-refractivity contribution in [1.29, 1.82) is 0 Å². The van der Waals surface area contributed by atoms with E-state index in [4.69, 9.17) is 5.11 Å². The standard InChI is InChI=1S/C11H13BrN2O3/c1-11(2,6-8(15)16)14-10(17)7-4-3-5-13-9(7)12/h3-5H,6H2,1-2H3,(H,14,17)(H,15,16). The van der Waals surface area contributed by atoms with Gasteiger partial charge in [-0.1, -0.05) is 0 Å². The highest BCUT2D eigenvalue weighted by atomic mass is 79.9. The number of halogens is 1. The Morgan fingerprint density at radius 2 is 2.18 bits per heavy atom. The van der Waals surface area contributed by atoms with Crippen LogP contribution < -0.4 is 5.32 Å². The molecule has 0 atom stereocenters. The molecule has 0 unspecified atom stereocenters. The second-order valence-corrected chi connectivity index (χ2v) is 5.00. The zero-order chi connectivity index (χ0) is 13.1. The second-order valence-electron chi connectivity index (χ2n) is 4.25. The van der Waals surface area contributed by atoms with Crippen LogP contribution in [-0.2, 0) is 4.79 Å². The number of hydrogen-bond acceptors (Lipinski definition) is 3. The van der Waals surface area contributed by atoms with E-state index >= 15 is 0 Å². The lowest BCUT2D eigenvalue weighted by Gasteiger charge is -2.24. The van der Waals surface area contributed by atoms with Gasteiger partial charge in [-0.3, -0.25) is 9.59 Å². The molecule has 1 heterocycles. The highest BCUT2D eigenvalue weighted by molar-refractivity contribution is 9.10. The first-order valence-corrected chi connectivity index (χ1v) is 5.76. The fourth-order valence-electron chi connectivity index (χ4n) is 1.35. The number of amides is 1. The molecule has 0 saturated carbocycles. The third-order valence-corrected chi connectivity index (χ3v) is 2.68. The van der Waals surface area contributed by atoms with E-state index in [9.17, 15) is 9.59 Å². The Morgan fingerprint density at radius 1 is 1.53 bits per heavy atom. The molecule has 0 aliphatic heterocycles. The normalized spacial score (nSPS) is 11.0. The van der Waals surface area contributed by atoms with Crippen LogP contribution in [-0.4, -0.2) is 27.5 Å². The van der Waals surface area contributed by atoms with Gasteiger partial charge in [0.05, 0.1) is 12.0 Å². The molecule has 0 fully saturated rings. The summed E-state index contributed by atoms with van der Waals surface area (Å²) in [4.78, 5) is 26.4. The van der Waals surface area contributed by atoms with Gasteiger partial charge >= 0.3 is 5.97 Å². The lowest BCUT2D eigenvalue weighted by molar-refractivity contribution is -0.138. The summed E-state index contributed by atoms with van der Waals surface area (Å²) in [5.74, 6) is -1.31. The first-order chi connectivity index (χ1) is 7.82. The Labute approximate surface area is 107 Å². The van der Waals surface area contributed by atoms with Crippen LogP contribution in [0.5, 0.6) is 0 Å². The SMILES string of the molecule is CC(C)(CC(=O)O)NC(=O)c1cccnc1Br. The van der Waals surface area contributed by atoms with E-state index in [0.717, 1.165) is 0 Å². The van der Waals surface area contributed by atoms with Crippen LogP contribution in [0.25, 0.3) is 0 Å². The minimum Gasteiger partial charge on any atom is -0.481 e. The van der Waals surface area contributed by atoms with Crippen molar-refractivity contribution in [1.82, 2.24) is 10.3 Å².